The van der Waals surface area contributed by atoms with E-state index >= 15 is 0 Å². The summed E-state index contributed by atoms with van der Waals surface area (Å²) in [6.45, 7) is 3.47. The number of carboxylic acids is 1. The molecule has 0 N–H and O–H groups in total. The van der Waals surface area contributed by atoms with E-state index in [0.717, 1.165) is 50.3 Å². The van der Waals surface area contributed by atoms with Gasteiger partial charge in [-0.25, -0.2) is 4.68 Å². The van der Waals surface area contributed by atoms with E-state index < -0.39 is 18.4 Å². The summed E-state index contributed by atoms with van der Waals surface area (Å²) in [5.74, 6) is -1.80. The third kappa shape index (κ3) is 4.30. The van der Waals surface area contributed by atoms with Gasteiger partial charge >= 0.3 is 0 Å². The Morgan fingerprint density at radius 1 is 1.19 bits per heavy atom. The van der Waals surface area contributed by atoms with Crippen LogP contribution in [0.3, 0.4) is 0 Å². The van der Waals surface area contributed by atoms with Crippen molar-refractivity contribution in [3.63, 3.8) is 0 Å². The summed E-state index contributed by atoms with van der Waals surface area (Å²) in [6.07, 6.45) is 3.58. The van der Waals surface area contributed by atoms with Gasteiger partial charge in [0.1, 0.15) is 10.0 Å². The third-order valence-electron chi connectivity index (χ3n) is 4.86. The molecule has 156 valence electrons. The average Bonchev–Trinajstić information content (AvgIpc) is 3.27. The summed E-state index contributed by atoms with van der Waals surface area (Å²) in [6, 6.07) is 15.8. The smallest absolute Gasteiger partial charge is 0.266 e. The van der Waals surface area contributed by atoms with Crippen LogP contribution in [0.1, 0.15) is 16.7 Å². The lowest BCUT2D eigenvalue weighted by molar-refractivity contribution is -0.305. The first-order valence-electron chi connectivity index (χ1n) is 9.51. The number of amides is 1. The fraction of sp³-hybridized carbons (Fsp3) is 0.130. The number of carbonyl (C=O) groups excluding carboxylic acids is 2. The zero-order valence-electron chi connectivity index (χ0n) is 16.9. The highest BCUT2D eigenvalue weighted by molar-refractivity contribution is 8.26. The Morgan fingerprint density at radius 3 is 2.65 bits per heavy atom. The number of carbonyl (C=O) groups is 2. The molecule has 0 aliphatic carbocycles. The summed E-state index contributed by atoms with van der Waals surface area (Å²) in [4.78, 5) is 25.1. The summed E-state index contributed by atoms with van der Waals surface area (Å²) in [7, 11) is 0. The largest absolute Gasteiger partial charge is 0.548 e. The molecule has 1 saturated heterocycles. The van der Waals surface area contributed by atoms with Gasteiger partial charge in [-0.1, -0.05) is 59.9 Å². The quantitative estimate of drug-likeness (QED) is 0.441. The van der Waals surface area contributed by atoms with Crippen molar-refractivity contribution in [2.45, 2.75) is 13.8 Å². The number of aromatic nitrogens is 2. The standard InChI is InChI=1S/C23H19N3O3S2/c1-14-8-9-15(2)18(10-14)21-16(12-26(24-21)17-6-4-3-5-7-17)11-19-22(29)25(13-20(27)28)23(30)31-19/h3-12H,13H2,1-2H3,(H,27,28)/p-1/b19-11-. The molecule has 6 nitrogen and oxygen atoms in total. The molecule has 0 saturated carbocycles. The average molecular weight is 449 g/mol. The number of aryl methyl sites for hydroxylation is 2. The van der Waals surface area contributed by atoms with Gasteiger partial charge in [-0.15, -0.1) is 0 Å². The first-order valence-corrected chi connectivity index (χ1v) is 10.7. The lowest BCUT2D eigenvalue weighted by Crippen LogP contribution is -2.40. The minimum atomic E-state index is -1.36. The first kappa shape index (κ1) is 21.0. The highest BCUT2D eigenvalue weighted by atomic mass is 32.2. The van der Waals surface area contributed by atoms with Gasteiger partial charge in [0.25, 0.3) is 5.91 Å². The van der Waals surface area contributed by atoms with E-state index in [1.807, 2.05) is 62.5 Å². The minimum absolute atomic E-state index is 0.198. The van der Waals surface area contributed by atoms with Gasteiger partial charge in [-0.3, -0.25) is 9.69 Å². The zero-order valence-corrected chi connectivity index (χ0v) is 18.5. The molecule has 0 spiro atoms. The zero-order chi connectivity index (χ0) is 22.1. The van der Waals surface area contributed by atoms with E-state index in [9.17, 15) is 14.7 Å². The summed E-state index contributed by atoms with van der Waals surface area (Å²) < 4.78 is 1.97. The van der Waals surface area contributed by atoms with E-state index in [1.54, 1.807) is 10.8 Å². The number of thioether (sulfide) groups is 1. The van der Waals surface area contributed by atoms with Crippen LogP contribution in [-0.4, -0.2) is 37.4 Å². The number of aliphatic carboxylic acids is 1. The van der Waals surface area contributed by atoms with Crippen LogP contribution in [-0.2, 0) is 9.59 Å². The molecule has 8 heteroatoms. The van der Waals surface area contributed by atoms with E-state index in [4.69, 9.17) is 17.3 Å². The molecular formula is C23H18N3O3S2-. The van der Waals surface area contributed by atoms with E-state index in [0.29, 0.717) is 4.91 Å². The van der Waals surface area contributed by atoms with Gasteiger partial charge in [0, 0.05) is 17.3 Å². The number of hydrogen-bond acceptors (Lipinski definition) is 6. The Kier molecular flexibility index (Phi) is 5.75. The molecule has 1 aliphatic heterocycles. The van der Waals surface area contributed by atoms with E-state index in [1.165, 1.54) is 0 Å². The maximum Gasteiger partial charge on any atom is 0.266 e. The predicted octanol–water partition coefficient (Wildman–Crippen LogP) is 3.11. The number of hydrogen-bond donors (Lipinski definition) is 0. The number of para-hydroxylation sites is 1. The van der Waals surface area contributed by atoms with Crippen molar-refractivity contribution in [2.24, 2.45) is 0 Å². The van der Waals surface area contributed by atoms with Crippen molar-refractivity contribution in [1.29, 1.82) is 0 Å². The summed E-state index contributed by atoms with van der Waals surface area (Å²) >= 11 is 6.27. The molecule has 1 amide bonds. The van der Waals surface area contributed by atoms with Crippen LogP contribution in [0.5, 0.6) is 0 Å². The van der Waals surface area contributed by atoms with Gasteiger partial charge in [0.05, 0.1) is 23.1 Å². The van der Waals surface area contributed by atoms with Crippen molar-refractivity contribution in [3.05, 3.63) is 76.3 Å². The van der Waals surface area contributed by atoms with Crippen molar-refractivity contribution in [1.82, 2.24) is 14.7 Å². The maximum atomic E-state index is 12.7. The molecule has 4 rings (SSSR count). The molecule has 0 unspecified atom stereocenters. The van der Waals surface area contributed by atoms with Crippen LogP contribution in [0.25, 0.3) is 23.0 Å². The fourth-order valence-corrected chi connectivity index (χ4v) is 4.56. The number of rotatable bonds is 5. The topological polar surface area (TPSA) is 78.3 Å². The van der Waals surface area contributed by atoms with Crippen molar-refractivity contribution >= 4 is 46.3 Å². The Bertz CT molecular complexity index is 1230. The van der Waals surface area contributed by atoms with Gasteiger partial charge in [0.15, 0.2) is 0 Å². The molecule has 0 bridgehead atoms. The van der Waals surface area contributed by atoms with Crippen LogP contribution >= 0.6 is 24.0 Å². The second kappa shape index (κ2) is 8.49. The van der Waals surface area contributed by atoms with Crippen molar-refractivity contribution in [2.75, 3.05) is 6.54 Å². The summed E-state index contributed by atoms with van der Waals surface area (Å²) in [5.41, 5.74) is 5.48. The van der Waals surface area contributed by atoms with Crippen molar-refractivity contribution < 1.29 is 14.7 Å². The van der Waals surface area contributed by atoms with E-state index in [-0.39, 0.29) is 4.32 Å². The molecule has 1 aromatic heterocycles. The highest BCUT2D eigenvalue weighted by Gasteiger charge is 2.32. The molecule has 2 aromatic carbocycles. The molecular weight excluding hydrogens is 430 g/mol. The van der Waals surface area contributed by atoms with Crippen LogP contribution < -0.4 is 5.11 Å². The maximum absolute atomic E-state index is 12.7. The van der Waals surface area contributed by atoms with E-state index in [2.05, 4.69) is 6.07 Å². The van der Waals surface area contributed by atoms with Crippen molar-refractivity contribution in [3.8, 4) is 16.9 Å². The molecule has 3 aromatic rings. The molecule has 0 radical (unpaired) electrons. The Hall–Kier alpha value is -3.23. The predicted molar refractivity (Wildman–Crippen MR) is 123 cm³/mol. The Morgan fingerprint density at radius 2 is 1.94 bits per heavy atom. The number of nitrogens with zero attached hydrogens (tertiary/aromatic N) is 3. The fourth-order valence-electron chi connectivity index (χ4n) is 3.31. The lowest BCUT2D eigenvalue weighted by atomic mass is 10.0. The second-order valence-electron chi connectivity index (χ2n) is 7.17. The van der Waals surface area contributed by atoms with Crippen LogP contribution in [0, 0.1) is 13.8 Å². The molecule has 1 aliphatic rings. The number of carboxylic acid groups (broad SMARTS) is 1. The van der Waals surface area contributed by atoms with Gasteiger partial charge < -0.3 is 9.90 Å². The lowest BCUT2D eigenvalue weighted by Gasteiger charge is -2.14. The first-order chi connectivity index (χ1) is 14.8. The third-order valence-corrected chi connectivity index (χ3v) is 6.24. The normalized spacial score (nSPS) is 15.2. The Balaban J connectivity index is 1.83. The van der Waals surface area contributed by atoms with Crippen LogP contribution in [0.15, 0.2) is 59.6 Å². The van der Waals surface area contributed by atoms with Gasteiger partial charge in [-0.2, -0.15) is 5.10 Å². The minimum Gasteiger partial charge on any atom is -0.548 e. The highest BCUT2D eigenvalue weighted by Crippen LogP contribution is 2.35. The SMILES string of the molecule is Cc1ccc(C)c(-c2nn(-c3ccccc3)cc2/C=C2\SC(=S)N(CC(=O)[O-])C2=O)c1. The monoisotopic (exact) mass is 448 g/mol. The molecule has 31 heavy (non-hydrogen) atoms. The number of thiocarbonyl (C=S) groups is 1. The second-order valence-corrected chi connectivity index (χ2v) is 8.85. The van der Waals surface area contributed by atoms with Crippen LogP contribution in [0.2, 0.25) is 0 Å². The van der Waals surface area contributed by atoms with Gasteiger partial charge in [-0.05, 0) is 43.7 Å². The van der Waals surface area contributed by atoms with Crippen LogP contribution in [0.4, 0.5) is 0 Å². The molecule has 2 heterocycles. The van der Waals surface area contributed by atoms with Gasteiger partial charge in [0.2, 0.25) is 0 Å². The number of benzene rings is 2. The summed E-state index contributed by atoms with van der Waals surface area (Å²) in [5, 5.41) is 15.8. The molecule has 1 fully saturated rings. The molecule has 0 atom stereocenters. The Labute approximate surface area is 189 Å².